The highest BCUT2D eigenvalue weighted by Gasteiger charge is 2.56. The number of hydrogen-bond acceptors (Lipinski definition) is 2. The SMILES string of the molecule is Cc1cc(Cl)ccc1NC(=O)C1(C(=O)Nc2ccccc2C(C)C)CC1. The number of hydrogen-bond donors (Lipinski definition) is 2. The maximum absolute atomic E-state index is 12.8. The highest BCUT2D eigenvalue weighted by molar-refractivity contribution is 6.30. The second kappa shape index (κ2) is 7.12. The number of aryl methyl sites for hydroxylation is 1. The van der Waals surface area contributed by atoms with Crippen molar-refractivity contribution in [2.24, 2.45) is 5.41 Å². The monoisotopic (exact) mass is 370 g/mol. The van der Waals surface area contributed by atoms with E-state index in [0.717, 1.165) is 16.8 Å². The van der Waals surface area contributed by atoms with Crippen molar-refractivity contribution in [1.29, 1.82) is 0 Å². The summed E-state index contributed by atoms with van der Waals surface area (Å²) in [6.45, 7) is 6.03. The van der Waals surface area contributed by atoms with Gasteiger partial charge in [-0.3, -0.25) is 9.59 Å². The van der Waals surface area contributed by atoms with Gasteiger partial charge in [-0.2, -0.15) is 0 Å². The maximum atomic E-state index is 12.8. The van der Waals surface area contributed by atoms with E-state index in [0.29, 0.717) is 23.6 Å². The first-order valence-electron chi connectivity index (χ1n) is 8.81. The summed E-state index contributed by atoms with van der Waals surface area (Å²) < 4.78 is 0. The van der Waals surface area contributed by atoms with Crippen LogP contribution in [0.5, 0.6) is 0 Å². The number of benzene rings is 2. The van der Waals surface area contributed by atoms with Crippen LogP contribution in [0.3, 0.4) is 0 Å². The predicted octanol–water partition coefficient (Wildman–Crippen LogP) is 5.13. The van der Waals surface area contributed by atoms with Crippen LogP contribution in [0, 0.1) is 12.3 Å². The molecular weight excluding hydrogens is 348 g/mol. The lowest BCUT2D eigenvalue weighted by molar-refractivity contribution is -0.131. The minimum Gasteiger partial charge on any atom is -0.325 e. The Hall–Kier alpha value is -2.33. The molecule has 1 aliphatic rings. The van der Waals surface area contributed by atoms with Crippen LogP contribution in [0.2, 0.25) is 5.02 Å². The minimum atomic E-state index is -0.990. The lowest BCUT2D eigenvalue weighted by Crippen LogP contribution is -2.36. The zero-order valence-electron chi connectivity index (χ0n) is 15.2. The molecule has 0 heterocycles. The number of carbonyl (C=O) groups excluding carboxylic acids is 2. The Morgan fingerprint density at radius 1 is 1.00 bits per heavy atom. The van der Waals surface area contributed by atoms with E-state index >= 15 is 0 Å². The third-order valence-electron chi connectivity index (χ3n) is 4.89. The van der Waals surface area contributed by atoms with E-state index in [9.17, 15) is 9.59 Å². The molecule has 0 radical (unpaired) electrons. The fourth-order valence-electron chi connectivity index (χ4n) is 3.05. The molecule has 2 aromatic rings. The van der Waals surface area contributed by atoms with Gasteiger partial charge >= 0.3 is 0 Å². The van der Waals surface area contributed by atoms with Crippen LogP contribution < -0.4 is 10.6 Å². The highest BCUT2D eigenvalue weighted by atomic mass is 35.5. The molecule has 0 bridgehead atoms. The molecule has 0 atom stereocenters. The molecule has 0 unspecified atom stereocenters. The molecule has 2 aromatic carbocycles. The molecule has 5 heteroatoms. The Bertz CT molecular complexity index is 857. The van der Waals surface area contributed by atoms with Gasteiger partial charge in [-0.25, -0.2) is 0 Å². The van der Waals surface area contributed by atoms with E-state index in [1.54, 1.807) is 18.2 Å². The quantitative estimate of drug-likeness (QED) is 0.717. The molecular formula is C21H23ClN2O2. The van der Waals surface area contributed by atoms with E-state index < -0.39 is 5.41 Å². The van der Waals surface area contributed by atoms with Crippen LogP contribution in [0.1, 0.15) is 43.7 Å². The van der Waals surface area contributed by atoms with Crippen molar-refractivity contribution in [2.45, 2.75) is 39.5 Å². The lowest BCUT2D eigenvalue weighted by atomic mass is 9.99. The molecule has 3 rings (SSSR count). The van der Waals surface area contributed by atoms with Gasteiger partial charge < -0.3 is 10.6 Å². The summed E-state index contributed by atoms with van der Waals surface area (Å²) in [5, 5.41) is 6.47. The number of nitrogens with one attached hydrogen (secondary N) is 2. The summed E-state index contributed by atoms with van der Waals surface area (Å²) in [5.74, 6) is -0.218. The van der Waals surface area contributed by atoms with Crippen LogP contribution >= 0.6 is 11.6 Å². The number of carbonyl (C=O) groups is 2. The van der Waals surface area contributed by atoms with Gasteiger partial charge in [0.05, 0.1) is 0 Å². The largest absolute Gasteiger partial charge is 0.325 e. The van der Waals surface area contributed by atoms with Gasteiger partial charge in [-0.05, 0) is 61.1 Å². The topological polar surface area (TPSA) is 58.2 Å². The molecule has 26 heavy (non-hydrogen) atoms. The molecule has 0 aromatic heterocycles. The summed E-state index contributed by atoms with van der Waals surface area (Å²) in [6.07, 6.45) is 1.11. The maximum Gasteiger partial charge on any atom is 0.240 e. The first kappa shape index (κ1) is 18.5. The molecule has 4 nitrogen and oxygen atoms in total. The number of rotatable bonds is 5. The van der Waals surface area contributed by atoms with E-state index in [1.807, 2.05) is 31.2 Å². The standard InChI is InChI=1S/C21H23ClN2O2/c1-13(2)16-6-4-5-7-18(16)24-20(26)21(10-11-21)19(25)23-17-9-8-15(22)12-14(17)3/h4-9,12-13H,10-11H2,1-3H3,(H,23,25)(H,24,26). The van der Waals surface area contributed by atoms with Crippen molar-refractivity contribution in [2.75, 3.05) is 10.6 Å². The van der Waals surface area contributed by atoms with Crippen LogP contribution in [-0.2, 0) is 9.59 Å². The molecule has 136 valence electrons. The second-order valence-electron chi connectivity index (χ2n) is 7.19. The Morgan fingerprint density at radius 2 is 1.62 bits per heavy atom. The van der Waals surface area contributed by atoms with Crippen LogP contribution in [-0.4, -0.2) is 11.8 Å². The average molecular weight is 371 g/mol. The molecule has 1 saturated carbocycles. The molecule has 0 saturated heterocycles. The number of para-hydroxylation sites is 1. The molecule has 1 fully saturated rings. The molecule has 0 aliphatic heterocycles. The van der Waals surface area contributed by atoms with Crippen molar-refractivity contribution < 1.29 is 9.59 Å². The van der Waals surface area contributed by atoms with Crippen LogP contribution in [0.15, 0.2) is 42.5 Å². The average Bonchev–Trinajstić information content (AvgIpc) is 3.39. The molecule has 0 spiro atoms. The van der Waals surface area contributed by atoms with Crippen molar-refractivity contribution >= 4 is 34.8 Å². The molecule has 1 aliphatic carbocycles. The van der Waals surface area contributed by atoms with Crippen molar-refractivity contribution in [1.82, 2.24) is 0 Å². The number of anilines is 2. The Balaban J connectivity index is 1.76. The van der Waals surface area contributed by atoms with Gasteiger partial charge in [-0.1, -0.05) is 43.6 Å². The lowest BCUT2D eigenvalue weighted by Gasteiger charge is -2.19. The van der Waals surface area contributed by atoms with E-state index in [4.69, 9.17) is 11.6 Å². The van der Waals surface area contributed by atoms with Gasteiger partial charge in [-0.15, -0.1) is 0 Å². The van der Waals surface area contributed by atoms with Gasteiger partial charge in [0.15, 0.2) is 0 Å². The highest BCUT2D eigenvalue weighted by Crippen LogP contribution is 2.48. The fraction of sp³-hybridized carbons (Fsp3) is 0.333. The minimum absolute atomic E-state index is 0.241. The zero-order valence-corrected chi connectivity index (χ0v) is 16.0. The third-order valence-corrected chi connectivity index (χ3v) is 5.12. The summed E-state index contributed by atoms with van der Waals surface area (Å²) in [4.78, 5) is 25.6. The van der Waals surface area contributed by atoms with Crippen molar-refractivity contribution in [3.8, 4) is 0 Å². The summed E-state index contributed by atoms with van der Waals surface area (Å²) in [5.41, 5.74) is 2.39. The third kappa shape index (κ3) is 3.61. The number of amides is 2. The summed E-state index contributed by atoms with van der Waals surface area (Å²) >= 11 is 5.96. The van der Waals surface area contributed by atoms with E-state index in [1.165, 1.54) is 0 Å². The Labute approximate surface area is 158 Å². The number of halogens is 1. The summed E-state index contributed by atoms with van der Waals surface area (Å²) in [6, 6.07) is 13.0. The van der Waals surface area contributed by atoms with Gasteiger partial charge in [0.2, 0.25) is 11.8 Å². The first-order valence-corrected chi connectivity index (χ1v) is 9.19. The fourth-order valence-corrected chi connectivity index (χ4v) is 3.27. The Kier molecular flexibility index (Phi) is 5.05. The second-order valence-corrected chi connectivity index (χ2v) is 7.63. The normalized spacial score (nSPS) is 14.8. The first-order chi connectivity index (χ1) is 12.3. The molecule has 2 N–H and O–H groups in total. The smallest absolute Gasteiger partial charge is 0.240 e. The van der Waals surface area contributed by atoms with Crippen molar-refractivity contribution in [3.63, 3.8) is 0 Å². The van der Waals surface area contributed by atoms with Gasteiger partial charge in [0, 0.05) is 16.4 Å². The zero-order chi connectivity index (χ0) is 18.9. The Morgan fingerprint density at radius 3 is 2.19 bits per heavy atom. The predicted molar refractivity (Wildman–Crippen MR) is 106 cm³/mol. The van der Waals surface area contributed by atoms with E-state index in [2.05, 4.69) is 24.5 Å². The van der Waals surface area contributed by atoms with Crippen LogP contribution in [0.4, 0.5) is 11.4 Å². The van der Waals surface area contributed by atoms with Gasteiger partial charge in [0.25, 0.3) is 0 Å². The molecule has 2 amide bonds. The van der Waals surface area contributed by atoms with E-state index in [-0.39, 0.29) is 17.7 Å². The van der Waals surface area contributed by atoms with Crippen LogP contribution in [0.25, 0.3) is 0 Å². The summed E-state index contributed by atoms with van der Waals surface area (Å²) in [7, 11) is 0. The van der Waals surface area contributed by atoms with Crippen molar-refractivity contribution in [3.05, 3.63) is 58.6 Å². The van der Waals surface area contributed by atoms with Gasteiger partial charge in [0.1, 0.15) is 5.41 Å².